The van der Waals surface area contributed by atoms with Gasteiger partial charge in [0.05, 0.1) is 22.5 Å². The van der Waals surface area contributed by atoms with Gasteiger partial charge in [-0.3, -0.25) is 9.59 Å². The van der Waals surface area contributed by atoms with Gasteiger partial charge in [-0.05, 0) is 48.4 Å². The van der Waals surface area contributed by atoms with E-state index in [4.69, 9.17) is 16.1 Å². The summed E-state index contributed by atoms with van der Waals surface area (Å²) in [5.41, 5.74) is 0.233. The Balaban J connectivity index is 1.58. The SMILES string of the molecule is CC(C)Cn1c(=O)c(=O)[nH]c2cc(-c3noc(CNS(=O)(=O)c4ccc(Cl)cc4)n3)ccc21. The van der Waals surface area contributed by atoms with Gasteiger partial charge in [0.25, 0.3) is 0 Å². The molecule has 4 rings (SSSR count). The van der Waals surface area contributed by atoms with Gasteiger partial charge in [-0.25, -0.2) is 13.1 Å². The van der Waals surface area contributed by atoms with E-state index in [0.717, 1.165) is 0 Å². The van der Waals surface area contributed by atoms with E-state index in [1.165, 1.54) is 28.8 Å². The molecule has 0 spiro atoms. The maximum atomic E-state index is 12.4. The summed E-state index contributed by atoms with van der Waals surface area (Å²) in [5, 5.41) is 4.31. The standard InChI is InChI=1S/C21H20ClN5O5S/c1-12(2)11-27-17-8-3-13(9-16(17)24-20(28)21(27)29)19-25-18(32-26-19)10-23-33(30,31)15-6-4-14(22)5-7-15/h3-9,12,23H,10-11H2,1-2H3,(H,24,28). The number of benzene rings is 2. The van der Waals surface area contributed by atoms with Crippen molar-refractivity contribution in [2.45, 2.75) is 31.8 Å². The van der Waals surface area contributed by atoms with Gasteiger partial charge in [-0.1, -0.05) is 30.6 Å². The molecule has 2 aromatic carbocycles. The molecule has 0 unspecified atom stereocenters. The fraction of sp³-hybridized carbons (Fsp3) is 0.238. The summed E-state index contributed by atoms with van der Waals surface area (Å²) in [6.07, 6.45) is 0. The highest BCUT2D eigenvalue weighted by Gasteiger charge is 2.17. The molecule has 0 radical (unpaired) electrons. The monoisotopic (exact) mass is 489 g/mol. The molecule has 172 valence electrons. The molecule has 0 atom stereocenters. The van der Waals surface area contributed by atoms with Crippen LogP contribution in [0.3, 0.4) is 0 Å². The summed E-state index contributed by atoms with van der Waals surface area (Å²) in [7, 11) is -3.79. The Labute approximate surface area is 193 Å². The highest BCUT2D eigenvalue weighted by atomic mass is 35.5. The number of nitrogens with zero attached hydrogens (tertiary/aromatic N) is 3. The third-order valence-electron chi connectivity index (χ3n) is 4.79. The van der Waals surface area contributed by atoms with Crippen molar-refractivity contribution in [1.82, 2.24) is 24.4 Å². The Morgan fingerprint density at radius 2 is 1.88 bits per heavy atom. The van der Waals surface area contributed by atoms with E-state index in [2.05, 4.69) is 19.8 Å². The van der Waals surface area contributed by atoms with Gasteiger partial charge in [-0.2, -0.15) is 4.98 Å². The van der Waals surface area contributed by atoms with Crippen LogP contribution in [0.4, 0.5) is 0 Å². The summed E-state index contributed by atoms with van der Waals surface area (Å²) in [6, 6.07) is 10.8. The highest BCUT2D eigenvalue weighted by molar-refractivity contribution is 7.89. The first-order chi connectivity index (χ1) is 15.6. The minimum Gasteiger partial charge on any atom is -0.338 e. The largest absolute Gasteiger partial charge is 0.338 e. The van der Waals surface area contributed by atoms with Crippen molar-refractivity contribution in [2.75, 3.05) is 0 Å². The maximum Gasteiger partial charge on any atom is 0.316 e. The van der Waals surface area contributed by atoms with Crippen LogP contribution in [0.25, 0.3) is 22.4 Å². The smallest absolute Gasteiger partial charge is 0.316 e. The zero-order valence-corrected chi connectivity index (χ0v) is 19.3. The van der Waals surface area contributed by atoms with Crippen molar-refractivity contribution >= 4 is 32.7 Å². The molecule has 0 aliphatic rings. The van der Waals surface area contributed by atoms with E-state index < -0.39 is 21.1 Å². The minimum atomic E-state index is -3.79. The average molecular weight is 490 g/mol. The predicted molar refractivity (Wildman–Crippen MR) is 122 cm³/mol. The first kappa shape index (κ1) is 22.9. The molecule has 0 fully saturated rings. The van der Waals surface area contributed by atoms with Crippen molar-refractivity contribution < 1.29 is 12.9 Å². The lowest BCUT2D eigenvalue weighted by Crippen LogP contribution is -2.37. The van der Waals surface area contributed by atoms with Crippen LogP contribution in [0.1, 0.15) is 19.7 Å². The van der Waals surface area contributed by atoms with Crippen molar-refractivity contribution in [3.63, 3.8) is 0 Å². The second kappa shape index (κ2) is 8.93. The molecular weight excluding hydrogens is 470 g/mol. The molecule has 0 aliphatic heterocycles. The maximum absolute atomic E-state index is 12.4. The van der Waals surface area contributed by atoms with E-state index in [1.54, 1.807) is 18.2 Å². The van der Waals surface area contributed by atoms with E-state index >= 15 is 0 Å². The van der Waals surface area contributed by atoms with Crippen LogP contribution in [-0.4, -0.2) is 28.1 Å². The van der Waals surface area contributed by atoms with Gasteiger partial charge in [0.2, 0.25) is 21.7 Å². The Morgan fingerprint density at radius 3 is 2.58 bits per heavy atom. The van der Waals surface area contributed by atoms with E-state index in [1.807, 2.05) is 13.8 Å². The Morgan fingerprint density at radius 1 is 1.15 bits per heavy atom. The van der Waals surface area contributed by atoms with Crippen LogP contribution in [0.2, 0.25) is 5.02 Å². The normalized spacial score (nSPS) is 12.0. The average Bonchev–Trinajstić information content (AvgIpc) is 3.24. The second-order valence-corrected chi connectivity index (χ2v) is 9.99. The van der Waals surface area contributed by atoms with Crippen molar-refractivity contribution in [2.24, 2.45) is 5.92 Å². The summed E-state index contributed by atoms with van der Waals surface area (Å²) < 4.78 is 33.8. The first-order valence-electron chi connectivity index (χ1n) is 9.99. The molecule has 0 saturated carbocycles. The van der Waals surface area contributed by atoms with E-state index in [9.17, 15) is 18.0 Å². The lowest BCUT2D eigenvalue weighted by Gasteiger charge is -2.12. The minimum absolute atomic E-state index is 0.0533. The number of halogens is 1. The first-order valence-corrected chi connectivity index (χ1v) is 11.9. The third-order valence-corrected chi connectivity index (χ3v) is 6.46. The van der Waals surface area contributed by atoms with Crippen LogP contribution in [0.15, 0.2) is 61.5 Å². The molecule has 2 aromatic heterocycles. The van der Waals surface area contributed by atoms with Crippen LogP contribution in [0.5, 0.6) is 0 Å². The van der Waals surface area contributed by atoms with Gasteiger partial charge in [0.1, 0.15) is 0 Å². The molecule has 10 nitrogen and oxygen atoms in total. The number of sulfonamides is 1. The quantitative estimate of drug-likeness (QED) is 0.380. The molecule has 2 N–H and O–H groups in total. The van der Waals surface area contributed by atoms with Crippen molar-refractivity contribution in [3.05, 3.63) is 74.1 Å². The lowest BCUT2D eigenvalue weighted by molar-refractivity contribution is 0.376. The number of hydrogen-bond acceptors (Lipinski definition) is 7. The number of aromatic nitrogens is 4. The van der Waals surface area contributed by atoms with Crippen molar-refractivity contribution in [3.8, 4) is 11.4 Å². The number of hydrogen-bond donors (Lipinski definition) is 2. The number of H-pyrrole nitrogens is 1. The topological polar surface area (TPSA) is 140 Å². The van der Waals surface area contributed by atoms with Crippen LogP contribution < -0.4 is 15.8 Å². The Bertz CT molecular complexity index is 1540. The van der Waals surface area contributed by atoms with Crippen LogP contribution in [-0.2, 0) is 23.1 Å². The second-order valence-electron chi connectivity index (χ2n) is 7.79. The van der Waals surface area contributed by atoms with E-state index in [-0.39, 0.29) is 29.1 Å². The summed E-state index contributed by atoms with van der Waals surface area (Å²) in [6.45, 7) is 4.10. The Kier molecular flexibility index (Phi) is 6.19. The van der Waals surface area contributed by atoms with Gasteiger partial charge in [0, 0.05) is 17.1 Å². The summed E-state index contributed by atoms with van der Waals surface area (Å²) in [5.74, 6) is 0.435. The fourth-order valence-electron chi connectivity index (χ4n) is 3.26. The molecule has 0 aliphatic carbocycles. The molecule has 0 amide bonds. The number of nitrogens with one attached hydrogen (secondary N) is 2. The fourth-order valence-corrected chi connectivity index (χ4v) is 4.36. The number of aromatic amines is 1. The zero-order chi connectivity index (χ0) is 23.8. The van der Waals surface area contributed by atoms with Crippen LogP contribution >= 0.6 is 11.6 Å². The molecule has 0 bridgehead atoms. The molecule has 0 saturated heterocycles. The lowest BCUT2D eigenvalue weighted by atomic mass is 10.1. The summed E-state index contributed by atoms with van der Waals surface area (Å²) in [4.78, 5) is 31.2. The molecule has 33 heavy (non-hydrogen) atoms. The molecular formula is C21H20ClN5O5S. The van der Waals surface area contributed by atoms with Crippen LogP contribution in [0, 0.1) is 5.92 Å². The predicted octanol–water partition coefficient (Wildman–Crippen LogP) is 2.53. The number of fused-ring (bicyclic) bond motifs is 1. The molecule has 4 aromatic rings. The van der Waals surface area contributed by atoms with E-state index in [0.29, 0.717) is 28.2 Å². The van der Waals surface area contributed by atoms with Gasteiger partial charge in [-0.15, -0.1) is 0 Å². The Hall–Kier alpha value is -3.28. The number of rotatable bonds is 7. The third kappa shape index (κ3) is 4.90. The van der Waals surface area contributed by atoms with Gasteiger partial charge in [0.15, 0.2) is 0 Å². The summed E-state index contributed by atoms with van der Waals surface area (Å²) >= 11 is 5.79. The molecule has 12 heteroatoms. The zero-order valence-electron chi connectivity index (χ0n) is 17.7. The molecule has 2 heterocycles. The van der Waals surface area contributed by atoms with Gasteiger partial charge >= 0.3 is 11.1 Å². The van der Waals surface area contributed by atoms with Crippen molar-refractivity contribution in [1.29, 1.82) is 0 Å². The van der Waals surface area contributed by atoms with Gasteiger partial charge < -0.3 is 14.1 Å². The highest BCUT2D eigenvalue weighted by Crippen LogP contribution is 2.21.